The minimum absolute atomic E-state index is 0.175. The third kappa shape index (κ3) is 5.47. The quantitative estimate of drug-likeness (QED) is 0.567. The van der Waals surface area contributed by atoms with Crippen LogP contribution in [-0.2, 0) is 14.8 Å². The Hall–Kier alpha value is -1.61. The average molecular weight is 512 g/mol. The Labute approximate surface area is 180 Å². The first-order valence-electron chi connectivity index (χ1n) is 9.57. The summed E-state index contributed by atoms with van der Waals surface area (Å²) in [6.07, 6.45) is 5.93. The van der Waals surface area contributed by atoms with Crippen molar-refractivity contribution >= 4 is 44.2 Å². The van der Waals surface area contributed by atoms with Gasteiger partial charge < -0.3 is 5.32 Å². The summed E-state index contributed by atoms with van der Waals surface area (Å²) in [6.45, 7) is 0.384. The Balaban J connectivity index is 1.78. The van der Waals surface area contributed by atoms with E-state index in [2.05, 4.69) is 27.9 Å². The molecule has 1 N–H and O–H groups in total. The highest BCUT2D eigenvalue weighted by Crippen LogP contribution is 2.25. The lowest BCUT2D eigenvalue weighted by Gasteiger charge is -2.25. The third-order valence-electron chi connectivity index (χ3n) is 5.05. The molecule has 0 radical (unpaired) electrons. The van der Waals surface area contributed by atoms with Crippen molar-refractivity contribution in [2.24, 2.45) is 5.92 Å². The maximum absolute atomic E-state index is 13.2. The first kappa shape index (κ1) is 21.1. The standard InChI is InChI=1S/C21H25IN2O3S/c22-18-11-13-19(14-12-18)24(28(26,27)20-9-5-2-6-10-20)16-21(25)23-15-17-7-3-1-4-8-17/h2,5-6,9-14,17H,1,3-4,7-8,15-16H2,(H,23,25). The van der Waals surface area contributed by atoms with Gasteiger partial charge in [-0.1, -0.05) is 37.5 Å². The van der Waals surface area contributed by atoms with Crippen molar-refractivity contribution in [2.45, 2.75) is 37.0 Å². The van der Waals surface area contributed by atoms with Gasteiger partial charge in [0.25, 0.3) is 10.0 Å². The van der Waals surface area contributed by atoms with Crippen LogP contribution >= 0.6 is 22.6 Å². The molecule has 1 amide bonds. The number of sulfonamides is 1. The number of benzene rings is 2. The van der Waals surface area contributed by atoms with E-state index in [0.717, 1.165) is 16.4 Å². The summed E-state index contributed by atoms with van der Waals surface area (Å²) >= 11 is 2.17. The van der Waals surface area contributed by atoms with Gasteiger partial charge in [0.15, 0.2) is 0 Å². The van der Waals surface area contributed by atoms with Crippen molar-refractivity contribution in [3.8, 4) is 0 Å². The molecule has 0 unspecified atom stereocenters. The van der Waals surface area contributed by atoms with Crippen molar-refractivity contribution in [3.63, 3.8) is 0 Å². The van der Waals surface area contributed by atoms with E-state index in [0.29, 0.717) is 18.2 Å². The van der Waals surface area contributed by atoms with E-state index >= 15 is 0 Å². The Morgan fingerprint density at radius 1 is 1.00 bits per heavy atom. The zero-order valence-corrected chi connectivity index (χ0v) is 18.7. The normalized spacial score (nSPS) is 15.2. The van der Waals surface area contributed by atoms with Crippen LogP contribution in [-0.4, -0.2) is 27.4 Å². The number of nitrogens with one attached hydrogen (secondary N) is 1. The lowest BCUT2D eigenvalue weighted by molar-refractivity contribution is -0.119. The number of hydrogen-bond donors (Lipinski definition) is 1. The lowest BCUT2D eigenvalue weighted by atomic mass is 9.89. The highest BCUT2D eigenvalue weighted by atomic mass is 127. The molecule has 0 spiro atoms. The molecule has 0 heterocycles. The fourth-order valence-electron chi connectivity index (χ4n) is 3.48. The summed E-state index contributed by atoms with van der Waals surface area (Å²) in [7, 11) is -3.84. The van der Waals surface area contributed by atoms with Crippen LogP contribution in [0, 0.1) is 9.49 Å². The summed E-state index contributed by atoms with van der Waals surface area (Å²) in [6, 6.07) is 15.4. The molecule has 0 aliphatic heterocycles. The molecule has 0 bridgehead atoms. The van der Waals surface area contributed by atoms with Crippen molar-refractivity contribution in [1.82, 2.24) is 5.32 Å². The van der Waals surface area contributed by atoms with Crippen molar-refractivity contribution in [3.05, 3.63) is 58.2 Å². The second-order valence-electron chi connectivity index (χ2n) is 7.11. The lowest BCUT2D eigenvalue weighted by Crippen LogP contribution is -2.42. The Bertz CT molecular complexity index is 880. The van der Waals surface area contributed by atoms with Crippen LogP contribution in [0.4, 0.5) is 5.69 Å². The molecule has 1 aliphatic rings. The molecule has 28 heavy (non-hydrogen) atoms. The monoisotopic (exact) mass is 512 g/mol. The molecule has 1 aliphatic carbocycles. The van der Waals surface area contributed by atoms with Crippen LogP contribution in [0.15, 0.2) is 59.5 Å². The predicted molar refractivity (Wildman–Crippen MR) is 120 cm³/mol. The molecular formula is C21H25IN2O3S. The maximum atomic E-state index is 13.2. The summed E-state index contributed by atoms with van der Waals surface area (Å²) in [5.74, 6) is 0.221. The van der Waals surface area contributed by atoms with Crippen LogP contribution in [0.5, 0.6) is 0 Å². The summed E-state index contributed by atoms with van der Waals surface area (Å²) in [4.78, 5) is 12.8. The topological polar surface area (TPSA) is 66.5 Å². The van der Waals surface area contributed by atoms with Gasteiger partial charge in [0.05, 0.1) is 10.6 Å². The number of carbonyl (C=O) groups excluding carboxylic acids is 1. The Morgan fingerprint density at radius 3 is 2.29 bits per heavy atom. The largest absolute Gasteiger partial charge is 0.354 e. The van der Waals surface area contributed by atoms with Gasteiger partial charge in [-0.05, 0) is 77.7 Å². The SMILES string of the molecule is O=C(CN(c1ccc(I)cc1)S(=O)(=O)c1ccccc1)NCC1CCCCC1. The molecule has 1 fully saturated rings. The number of anilines is 1. The van der Waals surface area contributed by atoms with E-state index in [1.807, 2.05) is 12.1 Å². The molecule has 150 valence electrons. The Morgan fingerprint density at radius 2 is 1.64 bits per heavy atom. The van der Waals surface area contributed by atoms with E-state index in [4.69, 9.17) is 0 Å². The highest BCUT2D eigenvalue weighted by molar-refractivity contribution is 14.1. The van der Waals surface area contributed by atoms with Crippen LogP contribution in [0.2, 0.25) is 0 Å². The number of nitrogens with zero attached hydrogens (tertiary/aromatic N) is 1. The maximum Gasteiger partial charge on any atom is 0.264 e. The minimum atomic E-state index is -3.84. The molecule has 2 aromatic carbocycles. The first-order valence-corrected chi connectivity index (χ1v) is 12.1. The molecule has 0 atom stereocenters. The molecule has 3 rings (SSSR count). The zero-order valence-electron chi connectivity index (χ0n) is 15.7. The first-order chi connectivity index (χ1) is 13.5. The zero-order chi connectivity index (χ0) is 20.0. The molecule has 0 aromatic heterocycles. The van der Waals surface area contributed by atoms with Crippen molar-refractivity contribution in [1.29, 1.82) is 0 Å². The van der Waals surface area contributed by atoms with Gasteiger partial charge in [-0.3, -0.25) is 9.10 Å². The molecule has 2 aromatic rings. The minimum Gasteiger partial charge on any atom is -0.354 e. The smallest absolute Gasteiger partial charge is 0.264 e. The second kappa shape index (κ2) is 9.73. The molecule has 7 heteroatoms. The van der Waals surface area contributed by atoms with E-state index in [1.165, 1.54) is 23.6 Å². The average Bonchev–Trinajstić information content (AvgIpc) is 2.72. The van der Waals surface area contributed by atoms with Crippen LogP contribution < -0.4 is 9.62 Å². The van der Waals surface area contributed by atoms with Gasteiger partial charge in [-0.25, -0.2) is 8.42 Å². The number of amides is 1. The number of carbonyl (C=O) groups is 1. The van der Waals surface area contributed by atoms with E-state index < -0.39 is 10.0 Å². The van der Waals surface area contributed by atoms with Gasteiger partial charge in [0.2, 0.25) is 5.91 Å². The fourth-order valence-corrected chi connectivity index (χ4v) is 5.28. The van der Waals surface area contributed by atoms with E-state index in [-0.39, 0.29) is 17.3 Å². The molecule has 5 nitrogen and oxygen atoms in total. The predicted octanol–water partition coefficient (Wildman–Crippen LogP) is 4.18. The Kier molecular flexibility index (Phi) is 7.34. The van der Waals surface area contributed by atoms with Crippen molar-refractivity contribution < 1.29 is 13.2 Å². The highest BCUT2D eigenvalue weighted by Gasteiger charge is 2.27. The van der Waals surface area contributed by atoms with Crippen molar-refractivity contribution in [2.75, 3.05) is 17.4 Å². The second-order valence-corrected chi connectivity index (χ2v) is 10.2. The number of hydrogen-bond acceptors (Lipinski definition) is 3. The van der Waals surface area contributed by atoms with Gasteiger partial charge in [-0.2, -0.15) is 0 Å². The van der Waals surface area contributed by atoms with Gasteiger partial charge in [0.1, 0.15) is 6.54 Å². The van der Waals surface area contributed by atoms with E-state index in [1.54, 1.807) is 42.5 Å². The number of rotatable bonds is 7. The van der Waals surface area contributed by atoms with Crippen LogP contribution in [0.25, 0.3) is 0 Å². The summed E-state index contributed by atoms with van der Waals surface area (Å²) in [5.41, 5.74) is 0.483. The fraction of sp³-hybridized carbons (Fsp3) is 0.381. The van der Waals surface area contributed by atoms with Gasteiger partial charge in [0, 0.05) is 10.1 Å². The van der Waals surface area contributed by atoms with Crippen LogP contribution in [0.1, 0.15) is 32.1 Å². The van der Waals surface area contributed by atoms with E-state index in [9.17, 15) is 13.2 Å². The summed E-state index contributed by atoms with van der Waals surface area (Å²) < 4.78 is 28.6. The van der Waals surface area contributed by atoms with Gasteiger partial charge >= 0.3 is 0 Å². The number of halogens is 1. The third-order valence-corrected chi connectivity index (χ3v) is 7.55. The van der Waals surface area contributed by atoms with Gasteiger partial charge in [-0.15, -0.1) is 0 Å². The van der Waals surface area contributed by atoms with Crippen LogP contribution in [0.3, 0.4) is 0 Å². The molecule has 0 saturated heterocycles. The molecule has 1 saturated carbocycles. The molecular weight excluding hydrogens is 487 g/mol. The summed E-state index contributed by atoms with van der Waals surface area (Å²) in [5, 5.41) is 2.94.